The molecule has 0 aliphatic rings. The summed E-state index contributed by atoms with van der Waals surface area (Å²) in [7, 11) is 0. The summed E-state index contributed by atoms with van der Waals surface area (Å²) in [5.74, 6) is -1.75. The third-order valence-electron chi connectivity index (χ3n) is 3.85. The van der Waals surface area contributed by atoms with Gasteiger partial charge in [0.05, 0.1) is 5.69 Å². The molecule has 0 unspecified atom stereocenters. The van der Waals surface area contributed by atoms with Gasteiger partial charge in [0.25, 0.3) is 0 Å². The quantitative estimate of drug-likeness (QED) is 0.753. The minimum absolute atomic E-state index is 0.113. The zero-order valence-electron chi connectivity index (χ0n) is 14.0. The van der Waals surface area contributed by atoms with Crippen LogP contribution in [0, 0.1) is 18.6 Å². The highest BCUT2D eigenvalue weighted by molar-refractivity contribution is 5.94. The van der Waals surface area contributed by atoms with Crippen LogP contribution in [-0.2, 0) is 6.61 Å². The SMILES string of the molecule is Cc1cc(-c2cc(COc3cc(F)cc(F)c3)ccn2)ccc1C(N)=O. The van der Waals surface area contributed by atoms with Crippen molar-refractivity contribution in [1.82, 2.24) is 4.98 Å². The first-order valence-electron chi connectivity index (χ1n) is 7.87. The van der Waals surface area contributed by atoms with Gasteiger partial charge in [-0.25, -0.2) is 8.78 Å². The van der Waals surface area contributed by atoms with E-state index in [1.54, 1.807) is 31.3 Å². The summed E-state index contributed by atoms with van der Waals surface area (Å²) in [6.45, 7) is 1.94. The van der Waals surface area contributed by atoms with Crippen molar-refractivity contribution in [3.8, 4) is 17.0 Å². The fraction of sp³-hybridized carbons (Fsp3) is 0.100. The van der Waals surface area contributed by atoms with E-state index < -0.39 is 17.5 Å². The van der Waals surface area contributed by atoms with Crippen molar-refractivity contribution >= 4 is 5.91 Å². The Morgan fingerprint density at radius 3 is 2.46 bits per heavy atom. The van der Waals surface area contributed by atoms with Crippen molar-refractivity contribution in [2.24, 2.45) is 5.73 Å². The van der Waals surface area contributed by atoms with Crippen LogP contribution < -0.4 is 10.5 Å². The molecule has 1 aromatic heterocycles. The van der Waals surface area contributed by atoms with Gasteiger partial charge in [0.15, 0.2) is 0 Å². The van der Waals surface area contributed by atoms with Gasteiger partial charge in [-0.3, -0.25) is 9.78 Å². The molecule has 1 amide bonds. The summed E-state index contributed by atoms with van der Waals surface area (Å²) in [6, 6.07) is 11.9. The molecule has 0 spiro atoms. The monoisotopic (exact) mass is 354 g/mol. The summed E-state index contributed by atoms with van der Waals surface area (Å²) >= 11 is 0. The van der Waals surface area contributed by atoms with Crippen LogP contribution in [0.5, 0.6) is 5.75 Å². The molecule has 2 aromatic carbocycles. The molecule has 26 heavy (non-hydrogen) atoms. The number of nitrogens with two attached hydrogens (primary N) is 1. The lowest BCUT2D eigenvalue weighted by Gasteiger charge is -2.09. The highest BCUT2D eigenvalue weighted by atomic mass is 19.1. The van der Waals surface area contributed by atoms with Crippen molar-refractivity contribution in [1.29, 1.82) is 0 Å². The number of halogens is 2. The van der Waals surface area contributed by atoms with Gasteiger partial charge in [-0.1, -0.05) is 6.07 Å². The smallest absolute Gasteiger partial charge is 0.248 e. The van der Waals surface area contributed by atoms with E-state index >= 15 is 0 Å². The predicted molar refractivity (Wildman–Crippen MR) is 93.6 cm³/mol. The molecular weight excluding hydrogens is 338 g/mol. The first kappa shape index (κ1) is 17.5. The molecule has 1 heterocycles. The van der Waals surface area contributed by atoms with Crippen molar-refractivity contribution in [3.05, 3.63) is 83.1 Å². The van der Waals surface area contributed by atoms with Crippen molar-refractivity contribution in [2.45, 2.75) is 13.5 Å². The molecule has 0 saturated carbocycles. The Hall–Kier alpha value is -3.28. The lowest BCUT2D eigenvalue weighted by atomic mass is 10.0. The van der Waals surface area contributed by atoms with Gasteiger partial charge in [-0.05, 0) is 42.3 Å². The maximum Gasteiger partial charge on any atom is 0.248 e. The first-order chi connectivity index (χ1) is 12.4. The van der Waals surface area contributed by atoms with E-state index in [0.717, 1.165) is 34.9 Å². The molecule has 0 fully saturated rings. The topological polar surface area (TPSA) is 65.2 Å². The van der Waals surface area contributed by atoms with E-state index in [2.05, 4.69) is 4.98 Å². The number of amides is 1. The number of hydrogen-bond donors (Lipinski definition) is 1. The number of carbonyl (C=O) groups excluding carboxylic acids is 1. The molecule has 0 atom stereocenters. The first-order valence-corrected chi connectivity index (χ1v) is 7.87. The number of benzene rings is 2. The Labute approximate surface area is 149 Å². The highest BCUT2D eigenvalue weighted by Crippen LogP contribution is 2.22. The standard InChI is InChI=1S/C20H16F2N2O2/c1-12-6-14(2-3-18(12)20(23)25)19-7-13(4-5-24-19)11-26-17-9-15(21)8-16(22)10-17/h2-10H,11H2,1H3,(H2,23,25). The molecule has 0 aliphatic heterocycles. The van der Waals surface area contributed by atoms with Crippen LogP contribution in [0.4, 0.5) is 8.78 Å². The summed E-state index contributed by atoms with van der Waals surface area (Å²) in [5.41, 5.74) is 8.84. The van der Waals surface area contributed by atoms with Gasteiger partial charge >= 0.3 is 0 Å². The molecule has 0 aliphatic carbocycles. The largest absolute Gasteiger partial charge is 0.489 e. The zero-order chi connectivity index (χ0) is 18.7. The van der Waals surface area contributed by atoms with Gasteiger partial charge in [-0.2, -0.15) is 0 Å². The van der Waals surface area contributed by atoms with Crippen LogP contribution in [0.25, 0.3) is 11.3 Å². The second-order valence-corrected chi connectivity index (χ2v) is 5.84. The molecule has 132 valence electrons. The van der Waals surface area contributed by atoms with E-state index in [9.17, 15) is 13.6 Å². The second kappa shape index (κ2) is 7.31. The Balaban J connectivity index is 1.80. The van der Waals surface area contributed by atoms with Crippen LogP contribution in [0.3, 0.4) is 0 Å². The number of pyridine rings is 1. The van der Waals surface area contributed by atoms with Gasteiger partial charge in [0, 0.05) is 35.5 Å². The third-order valence-corrected chi connectivity index (χ3v) is 3.85. The van der Waals surface area contributed by atoms with Crippen molar-refractivity contribution in [3.63, 3.8) is 0 Å². The van der Waals surface area contributed by atoms with Crippen LogP contribution >= 0.6 is 0 Å². The molecule has 4 nitrogen and oxygen atoms in total. The second-order valence-electron chi connectivity index (χ2n) is 5.84. The maximum absolute atomic E-state index is 13.2. The van der Waals surface area contributed by atoms with Crippen LogP contribution in [-0.4, -0.2) is 10.9 Å². The molecule has 2 N–H and O–H groups in total. The van der Waals surface area contributed by atoms with Crippen LogP contribution in [0.15, 0.2) is 54.7 Å². The van der Waals surface area contributed by atoms with Gasteiger partial charge in [0.1, 0.15) is 24.0 Å². The average Bonchev–Trinajstić information content (AvgIpc) is 2.59. The molecule has 3 rings (SSSR count). The summed E-state index contributed by atoms with van der Waals surface area (Å²) in [6.07, 6.45) is 1.62. The number of rotatable bonds is 5. The van der Waals surface area contributed by atoms with Crippen LogP contribution in [0.1, 0.15) is 21.5 Å². The number of carbonyl (C=O) groups is 1. The number of primary amides is 1. The Kier molecular flexibility index (Phi) is 4.93. The summed E-state index contributed by atoms with van der Waals surface area (Å²) in [5, 5.41) is 0. The fourth-order valence-electron chi connectivity index (χ4n) is 2.60. The zero-order valence-corrected chi connectivity index (χ0v) is 14.0. The van der Waals surface area contributed by atoms with Gasteiger partial charge < -0.3 is 10.5 Å². The number of hydrogen-bond acceptors (Lipinski definition) is 3. The third kappa shape index (κ3) is 4.03. The number of aromatic nitrogens is 1. The van der Waals surface area contributed by atoms with Gasteiger partial charge in [-0.15, -0.1) is 0 Å². The Morgan fingerprint density at radius 2 is 1.81 bits per heavy atom. The van der Waals surface area contributed by atoms with E-state index in [0.29, 0.717) is 11.3 Å². The fourth-order valence-corrected chi connectivity index (χ4v) is 2.60. The van der Waals surface area contributed by atoms with E-state index in [1.807, 2.05) is 12.1 Å². The molecule has 3 aromatic rings. The van der Waals surface area contributed by atoms with E-state index in [-0.39, 0.29) is 12.4 Å². The minimum atomic E-state index is -0.694. The lowest BCUT2D eigenvalue weighted by Crippen LogP contribution is -2.12. The maximum atomic E-state index is 13.2. The molecule has 0 bridgehead atoms. The molecular formula is C20H16F2N2O2. The normalized spacial score (nSPS) is 10.6. The molecule has 0 saturated heterocycles. The number of nitrogens with zero attached hydrogens (tertiary/aromatic N) is 1. The Bertz CT molecular complexity index is 954. The number of ether oxygens (including phenoxy) is 1. The van der Waals surface area contributed by atoms with Crippen molar-refractivity contribution < 1.29 is 18.3 Å². The average molecular weight is 354 g/mol. The van der Waals surface area contributed by atoms with Crippen LogP contribution in [0.2, 0.25) is 0 Å². The lowest BCUT2D eigenvalue weighted by molar-refractivity contribution is 0.0999. The summed E-state index contributed by atoms with van der Waals surface area (Å²) < 4.78 is 31.9. The summed E-state index contributed by atoms with van der Waals surface area (Å²) in [4.78, 5) is 15.6. The highest BCUT2D eigenvalue weighted by Gasteiger charge is 2.08. The van der Waals surface area contributed by atoms with E-state index in [4.69, 9.17) is 10.5 Å². The van der Waals surface area contributed by atoms with Crippen molar-refractivity contribution in [2.75, 3.05) is 0 Å². The Morgan fingerprint density at radius 1 is 1.08 bits per heavy atom. The minimum Gasteiger partial charge on any atom is -0.489 e. The number of aryl methyl sites for hydroxylation is 1. The van der Waals surface area contributed by atoms with Gasteiger partial charge in [0.2, 0.25) is 5.91 Å². The molecule has 0 radical (unpaired) electrons. The predicted octanol–water partition coefficient (Wildman–Crippen LogP) is 4.01. The van der Waals surface area contributed by atoms with E-state index in [1.165, 1.54) is 0 Å². The molecule has 6 heteroatoms.